The van der Waals surface area contributed by atoms with Gasteiger partial charge in [-0.15, -0.1) is 17.4 Å². The van der Waals surface area contributed by atoms with Crippen LogP contribution in [0.1, 0.15) is 90.8 Å². The van der Waals surface area contributed by atoms with Crippen LogP contribution in [0.4, 0.5) is 11.4 Å². The third-order valence-electron chi connectivity index (χ3n) is 9.74. The van der Waals surface area contributed by atoms with Gasteiger partial charge in [-0.1, -0.05) is 42.5 Å². The van der Waals surface area contributed by atoms with Crippen molar-refractivity contribution in [2.24, 2.45) is 0 Å². The smallest absolute Gasteiger partial charge is 0.101 e. The van der Waals surface area contributed by atoms with Crippen LogP contribution in [-0.4, -0.2) is 52.9 Å². The first-order chi connectivity index (χ1) is 23.3. The molecule has 2 aliphatic heterocycles. The zero-order valence-electron chi connectivity index (χ0n) is 29.8. The average molecular weight is 782 g/mol. The maximum absolute atomic E-state index is 12.1. The summed E-state index contributed by atoms with van der Waals surface area (Å²) in [6.07, 6.45) is 6.25. The summed E-state index contributed by atoms with van der Waals surface area (Å²) >= 11 is -0.780. The van der Waals surface area contributed by atoms with Gasteiger partial charge in [0, 0.05) is 22.5 Å². The number of fused-ring (bicyclic) bond motifs is 8. The van der Waals surface area contributed by atoms with E-state index in [9.17, 15) is 9.90 Å². The molecule has 4 aromatic rings. The summed E-state index contributed by atoms with van der Waals surface area (Å²) in [6.45, 7) is 13.2. The molecule has 0 bridgehead atoms. The van der Waals surface area contributed by atoms with E-state index in [0.717, 1.165) is 29.5 Å². The van der Waals surface area contributed by atoms with Crippen molar-refractivity contribution in [3.05, 3.63) is 117 Å². The van der Waals surface area contributed by atoms with Gasteiger partial charge >= 0.3 is 34.4 Å². The fourth-order valence-corrected chi connectivity index (χ4v) is 7.90. The second kappa shape index (κ2) is 14.1. The number of carbonyl (C=O) groups excluding carboxylic acids is 1. The Morgan fingerprint density at radius 3 is 1.78 bits per heavy atom. The Hall–Kier alpha value is -3.28. The fourth-order valence-electron chi connectivity index (χ4n) is 7.90. The summed E-state index contributed by atoms with van der Waals surface area (Å²) in [7, 11) is 1.43. The van der Waals surface area contributed by atoms with E-state index >= 15 is 0 Å². The Morgan fingerprint density at radius 1 is 0.816 bits per heavy atom. The van der Waals surface area contributed by atoms with Crippen molar-refractivity contribution in [2.75, 3.05) is 17.7 Å². The van der Waals surface area contributed by atoms with Gasteiger partial charge in [-0.2, -0.15) is 0 Å². The number of methoxy groups -OCH3 is 1. The summed E-state index contributed by atoms with van der Waals surface area (Å²) < 4.78 is 11.1. The van der Waals surface area contributed by atoms with Crippen molar-refractivity contribution in [3.8, 4) is 22.3 Å². The van der Waals surface area contributed by atoms with Crippen molar-refractivity contribution >= 4 is 73.7 Å². The van der Waals surface area contributed by atoms with Gasteiger partial charge in [0.25, 0.3) is 0 Å². The van der Waals surface area contributed by atoms with Gasteiger partial charge in [0.2, 0.25) is 0 Å². The monoisotopic (exact) mass is 781 g/mol. The standard InChI is InChI=1S/C21H21NO2.C20H21NO.Al.BH2I.3H/c1-12-11-21(2,3)22-19-9-13-8-18-14(17(13)10-16(12)19)6-5-7-15(18)20(23)24-4;1-12-10-20(2,3)21-19-8-14-7-17-13(11-22)5-4-6-15(17)18(14)9-16(12)19;;1-2;;;/h5-7,9-11,22H,8H2,1-4H3;4-6,8-10,21-22H,7,11H2,1-3H3;;2H2;;;/q;;-1;;;;/i;;;2D;;;. The van der Waals surface area contributed by atoms with Crippen LogP contribution in [0.5, 0.6) is 0 Å². The van der Waals surface area contributed by atoms with Crippen LogP contribution >= 0.6 is 22.2 Å². The molecule has 0 unspecified atom stereocenters. The Kier molecular flexibility index (Phi) is 10.3. The van der Waals surface area contributed by atoms with Gasteiger partial charge in [0.15, 0.2) is 0 Å². The Balaban J connectivity index is 0.000000178. The van der Waals surface area contributed by atoms with Crippen LogP contribution in [0, 0.1) is 0 Å². The molecule has 2 heterocycles. The minimum absolute atomic E-state index is 0. The number of ether oxygens (including phenoxy) is 1. The first kappa shape index (κ1) is 35.5. The maximum atomic E-state index is 12.1. The van der Waals surface area contributed by atoms with E-state index in [2.05, 4.69) is 106 Å². The van der Waals surface area contributed by atoms with E-state index in [0.29, 0.717) is 5.56 Å². The molecule has 2 aliphatic carbocycles. The third kappa shape index (κ3) is 6.90. The van der Waals surface area contributed by atoms with E-state index in [1.165, 1.54) is 74.1 Å². The number of carbonyl (C=O) groups is 1. The third-order valence-corrected chi connectivity index (χ3v) is 9.74. The summed E-state index contributed by atoms with van der Waals surface area (Å²) in [5, 5.41) is 16.8. The van der Waals surface area contributed by atoms with Crippen LogP contribution in [0.25, 0.3) is 33.4 Å². The van der Waals surface area contributed by atoms with Crippen molar-refractivity contribution in [1.29, 1.82) is 0.594 Å². The molecule has 0 aromatic heterocycles. The Morgan fingerprint density at radius 2 is 1.29 bits per heavy atom. The molecule has 0 saturated carbocycles. The number of nitrogens with one attached hydrogen (secondary N) is 2. The minimum atomic E-state index is -0.780. The SMILES string of the molecule is CC1=CC(C)(C)Nc2cc3c(cc21)-c1cccc(CO)c1C3.COC(=O)c1cccc2c1Cc1cc3c(cc1-2)C(C)=CC(C)(C)N3.[2H][IH][B].[AlH3-]. The number of aliphatic hydroxyl groups is 1. The number of aliphatic hydroxyl groups excluding tert-OH is 1. The average Bonchev–Trinajstić information content (AvgIpc) is 3.59. The van der Waals surface area contributed by atoms with Crippen LogP contribution in [0.3, 0.4) is 0 Å². The minimum Gasteiger partial charge on any atom is -0.101 e. The summed E-state index contributed by atoms with van der Waals surface area (Å²) in [5.74, 6) is -0.264. The molecule has 4 aliphatic rings. The molecule has 4 aromatic carbocycles. The molecule has 0 atom stereocenters. The zero-order chi connectivity index (χ0) is 35.2. The number of halogens is 1. The molecule has 3 N–H and O–H groups in total. The Labute approximate surface area is 316 Å². The molecule has 0 amide bonds. The van der Waals surface area contributed by atoms with E-state index in [-0.39, 0.29) is 41.0 Å². The van der Waals surface area contributed by atoms with Crippen LogP contribution in [-0.2, 0) is 24.2 Å². The van der Waals surface area contributed by atoms with E-state index in [1.807, 2.05) is 24.3 Å². The van der Waals surface area contributed by atoms with Gasteiger partial charge in [-0.25, -0.2) is 4.79 Å². The van der Waals surface area contributed by atoms with Crippen molar-refractivity contribution < 1.29 is 14.6 Å². The molecule has 8 heteroatoms. The number of hydrogen-bond acceptors (Lipinski definition) is 5. The molecular formula is C41H47AlBIN2O3-. The summed E-state index contributed by atoms with van der Waals surface area (Å²) in [5.41, 5.74) is 23.8. The Bertz CT molecular complexity index is 2060. The van der Waals surface area contributed by atoms with Gasteiger partial charge in [0.1, 0.15) is 0 Å². The van der Waals surface area contributed by atoms with Crippen LogP contribution in [0.15, 0.2) is 72.8 Å². The van der Waals surface area contributed by atoms with Gasteiger partial charge < -0.3 is 20.5 Å². The second-order valence-corrected chi connectivity index (χ2v) is 14.2. The van der Waals surface area contributed by atoms with Crippen LogP contribution in [0.2, 0.25) is 0 Å². The number of benzene rings is 4. The normalized spacial score (nSPS) is 16.2. The molecular weight excluding hydrogens is 733 g/mol. The van der Waals surface area contributed by atoms with Gasteiger partial charge in [0.05, 0.1) is 30.4 Å². The van der Waals surface area contributed by atoms with Crippen molar-refractivity contribution in [2.45, 2.75) is 72.1 Å². The van der Waals surface area contributed by atoms with E-state index in [1.54, 1.807) is 0 Å². The largest absolute Gasteiger partial charge is 0.101 e. The van der Waals surface area contributed by atoms with Crippen molar-refractivity contribution in [1.82, 2.24) is 0 Å². The zero-order valence-corrected chi connectivity index (χ0v) is 31.1. The molecule has 3 radical (unpaired) electrons. The van der Waals surface area contributed by atoms with E-state index < -0.39 is 22.2 Å². The summed E-state index contributed by atoms with van der Waals surface area (Å²) in [6, 6.07) is 21.2. The van der Waals surface area contributed by atoms with E-state index in [4.69, 9.17) is 5.33 Å². The number of hydrogen-bond donors (Lipinski definition) is 3. The molecule has 0 spiro atoms. The van der Waals surface area contributed by atoms with Crippen molar-refractivity contribution in [3.63, 3.8) is 0 Å². The molecule has 253 valence electrons. The maximum Gasteiger partial charge on any atom is -0.101 e. The number of esters is 1. The molecule has 0 saturated heterocycles. The molecule has 5 nitrogen and oxygen atoms in total. The molecule has 49 heavy (non-hydrogen) atoms. The summed E-state index contributed by atoms with van der Waals surface area (Å²) in [4.78, 5) is 12.1. The number of allylic oxidation sites excluding steroid dienone is 2. The second-order valence-electron chi connectivity index (χ2n) is 14.2. The van der Waals surface area contributed by atoms with Gasteiger partial charge in [-0.05, 0) is 146 Å². The predicted molar refractivity (Wildman–Crippen MR) is 222 cm³/mol. The van der Waals surface area contributed by atoms with Gasteiger partial charge in [-0.3, -0.25) is 0 Å². The molecule has 8 rings (SSSR count). The topological polar surface area (TPSA) is 70.6 Å². The first-order valence-corrected chi connectivity index (χ1v) is 17.7. The quantitative estimate of drug-likeness (QED) is 0.0952. The predicted octanol–water partition coefficient (Wildman–Crippen LogP) is 7.79. The fraction of sp³-hybridized carbons (Fsp3) is 0.293. The number of anilines is 2. The van der Waals surface area contributed by atoms with Crippen LogP contribution < -0.4 is 10.6 Å². The first-order valence-electron chi connectivity index (χ1n) is 16.7. The molecule has 0 fully saturated rings. The number of rotatable bonds is 2.